The zero-order valence-electron chi connectivity index (χ0n) is 16.4. The molecular weight excluding hydrogens is 324 g/mol. The zero-order chi connectivity index (χ0) is 18.7. The molecule has 0 aliphatic carbocycles. The molecular formula is C22H32O2Si. The van der Waals surface area contributed by atoms with E-state index in [1.165, 1.54) is 5.56 Å². The van der Waals surface area contributed by atoms with Gasteiger partial charge in [0.25, 0.3) is 0 Å². The third kappa shape index (κ3) is 4.81. The van der Waals surface area contributed by atoms with E-state index in [9.17, 15) is 5.11 Å². The Morgan fingerprint density at radius 2 is 1.48 bits per heavy atom. The van der Waals surface area contributed by atoms with Crippen molar-refractivity contribution in [3.63, 3.8) is 0 Å². The van der Waals surface area contributed by atoms with Crippen LogP contribution in [0.15, 0.2) is 54.6 Å². The molecule has 3 heteroatoms. The Balaban J connectivity index is 2.46. The summed E-state index contributed by atoms with van der Waals surface area (Å²) >= 11 is 0. The van der Waals surface area contributed by atoms with E-state index in [4.69, 9.17) is 4.43 Å². The second-order valence-electron chi connectivity index (χ2n) is 8.41. The molecule has 2 aromatic rings. The van der Waals surface area contributed by atoms with Crippen molar-refractivity contribution >= 4 is 8.32 Å². The van der Waals surface area contributed by atoms with Crippen LogP contribution >= 0.6 is 0 Å². The Morgan fingerprint density at radius 3 is 1.96 bits per heavy atom. The van der Waals surface area contributed by atoms with Crippen molar-refractivity contribution in [3.8, 4) is 0 Å². The van der Waals surface area contributed by atoms with E-state index in [0.29, 0.717) is 0 Å². The maximum absolute atomic E-state index is 10.2. The molecule has 1 N–H and O–H groups in total. The summed E-state index contributed by atoms with van der Waals surface area (Å²) < 4.78 is 6.81. The lowest BCUT2D eigenvalue weighted by Crippen LogP contribution is -2.43. The second-order valence-corrected chi connectivity index (χ2v) is 13.2. The number of hydrogen-bond donors (Lipinski definition) is 1. The van der Waals surface area contributed by atoms with Crippen molar-refractivity contribution in [1.82, 2.24) is 0 Å². The lowest BCUT2D eigenvalue weighted by Gasteiger charge is -2.41. The first-order valence-corrected chi connectivity index (χ1v) is 12.0. The van der Waals surface area contributed by atoms with Gasteiger partial charge in [0.2, 0.25) is 0 Å². The van der Waals surface area contributed by atoms with Crippen molar-refractivity contribution in [1.29, 1.82) is 0 Å². The van der Waals surface area contributed by atoms with Gasteiger partial charge < -0.3 is 9.53 Å². The normalized spacial score (nSPS) is 15.0. The van der Waals surface area contributed by atoms with Gasteiger partial charge in [-0.15, -0.1) is 0 Å². The van der Waals surface area contributed by atoms with Crippen LogP contribution in [0.25, 0.3) is 0 Å². The third-order valence-electron chi connectivity index (χ3n) is 5.42. The minimum atomic E-state index is -1.99. The Kier molecular flexibility index (Phi) is 6.25. The van der Waals surface area contributed by atoms with E-state index < -0.39 is 8.32 Å². The van der Waals surface area contributed by atoms with E-state index in [0.717, 1.165) is 11.1 Å². The summed E-state index contributed by atoms with van der Waals surface area (Å²) in [5.41, 5.74) is 3.49. The molecule has 0 fully saturated rings. The molecule has 0 aliphatic rings. The van der Waals surface area contributed by atoms with Crippen LogP contribution in [0.4, 0.5) is 0 Å². The van der Waals surface area contributed by atoms with Gasteiger partial charge in [-0.2, -0.15) is 0 Å². The van der Waals surface area contributed by atoms with Crippen molar-refractivity contribution in [2.24, 2.45) is 0 Å². The minimum absolute atomic E-state index is 0.0666. The maximum atomic E-state index is 10.2. The van der Waals surface area contributed by atoms with Gasteiger partial charge in [-0.3, -0.25) is 0 Å². The first-order valence-electron chi connectivity index (χ1n) is 9.06. The standard InChI is InChI=1S/C22H32O2Si/c1-17-12-14-19(15-13-17)21(24-25(5,6)22(2,3)4)20(16-23)18-10-8-7-9-11-18/h7-15,20-21,23H,16H2,1-6H3/t20-,21+/m1/s1. The van der Waals surface area contributed by atoms with E-state index in [1.54, 1.807) is 0 Å². The topological polar surface area (TPSA) is 29.5 Å². The van der Waals surface area contributed by atoms with Gasteiger partial charge in [-0.05, 0) is 36.2 Å². The molecule has 25 heavy (non-hydrogen) atoms. The molecule has 0 aliphatic heterocycles. The summed E-state index contributed by atoms with van der Waals surface area (Å²) in [6.45, 7) is 13.5. The molecule has 0 bridgehead atoms. The fraction of sp³-hybridized carbons (Fsp3) is 0.455. The third-order valence-corrected chi connectivity index (χ3v) is 9.88. The monoisotopic (exact) mass is 356 g/mol. The summed E-state index contributed by atoms with van der Waals surface area (Å²) in [6.07, 6.45) is -0.145. The second kappa shape index (κ2) is 7.86. The van der Waals surface area contributed by atoms with Crippen LogP contribution in [0, 0.1) is 6.92 Å². The molecule has 0 aromatic heterocycles. The highest BCUT2D eigenvalue weighted by Crippen LogP contribution is 2.43. The minimum Gasteiger partial charge on any atom is -0.409 e. The van der Waals surface area contributed by atoms with Gasteiger partial charge >= 0.3 is 0 Å². The first kappa shape index (κ1) is 19.9. The van der Waals surface area contributed by atoms with Gasteiger partial charge in [0, 0.05) is 5.92 Å². The van der Waals surface area contributed by atoms with Crippen LogP contribution in [-0.4, -0.2) is 20.0 Å². The molecule has 2 nitrogen and oxygen atoms in total. The van der Waals surface area contributed by atoms with Crippen LogP contribution in [0.5, 0.6) is 0 Å². The predicted molar refractivity (Wildman–Crippen MR) is 108 cm³/mol. The molecule has 0 amide bonds. The Hall–Kier alpha value is -1.42. The van der Waals surface area contributed by atoms with Crippen LogP contribution in [0.2, 0.25) is 18.1 Å². The van der Waals surface area contributed by atoms with E-state index in [-0.39, 0.29) is 23.7 Å². The van der Waals surface area contributed by atoms with Gasteiger partial charge in [-0.1, -0.05) is 80.9 Å². The summed E-state index contributed by atoms with van der Waals surface area (Å²) in [7, 11) is -1.99. The van der Waals surface area contributed by atoms with Crippen LogP contribution in [0.3, 0.4) is 0 Å². The van der Waals surface area contributed by atoms with Crippen LogP contribution < -0.4 is 0 Å². The highest BCUT2D eigenvalue weighted by atomic mass is 28.4. The van der Waals surface area contributed by atoms with E-state index in [2.05, 4.69) is 77.2 Å². The first-order chi connectivity index (χ1) is 11.7. The maximum Gasteiger partial charge on any atom is 0.192 e. The molecule has 0 unspecified atom stereocenters. The molecule has 0 saturated carbocycles. The summed E-state index contributed by atoms with van der Waals surface area (Å²) in [4.78, 5) is 0. The number of aryl methyl sites for hydroxylation is 1. The molecule has 2 aromatic carbocycles. The number of aliphatic hydroxyl groups excluding tert-OH is 1. The Labute approximate surface area is 154 Å². The molecule has 0 spiro atoms. The van der Waals surface area contributed by atoms with Gasteiger partial charge in [0.1, 0.15) is 0 Å². The summed E-state index contributed by atoms with van der Waals surface area (Å²) in [5, 5.41) is 10.3. The average Bonchev–Trinajstić information content (AvgIpc) is 2.55. The fourth-order valence-corrected chi connectivity index (χ4v) is 4.00. The van der Waals surface area contributed by atoms with Crippen molar-refractivity contribution in [2.45, 2.75) is 57.8 Å². The smallest absolute Gasteiger partial charge is 0.192 e. The molecule has 0 saturated heterocycles. The molecule has 0 radical (unpaired) electrons. The molecule has 0 heterocycles. The van der Waals surface area contributed by atoms with E-state index >= 15 is 0 Å². The largest absolute Gasteiger partial charge is 0.409 e. The SMILES string of the molecule is Cc1ccc([C@H](O[Si](C)(C)C(C)(C)C)[C@H](CO)c2ccccc2)cc1. The van der Waals surface area contributed by atoms with E-state index in [1.807, 2.05) is 18.2 Å². The van der Waals surface area contributed by atoms with Gasteiger partial charge in [0.05, 0.1) is 12.7 Å². The number of aliphatic hydroxyl groups is 1. The highest BCUT2D eigenvalue weighted by Gasteiger charge is 2.41. The lowest BCUT2D eigenvalue weighted by atomic mass is 9.89. The quantitative estimate of drug-likeness (QED) is 0.659. The zero-order valence-corrected chi connectivity index (χ0v) is 17.4. The Bertz CT molecular complexity index is 657. The number of rotatable bonds is 6. The molecule has 2 rings (SSSR count). The summed E-state index contributed by atoms with van der Waals surface area (Å²) in [6, 6.07) is 18.7. The van der Waals surface area contributed by atoms with Gasteiger partial charge in [-0.25, -0.2) is 0 Å². The number of hydrogen-bond acceptors (Lipinski definition) is 2. The van der Waals surface area contributed by atoms with Crippen LogP contribution in [0.1, 0.15) is 49.5 Å². The number of benzene rings is 2. The van der Waals surface area contributed by atoms with Crippen molar-refractivity contribution in [2.75, 3.05) is 6.61 Å². The fourth-order valence-electron chi connectivity index (χ4n) is 2.71. The molecule has 2 atom stereocenters. The molecule has 136 valence electrons. The predicted octanol–water partition coefficient (Wildman–Crippen LogP) is 5.83. The van der Waals surface area contributed by atoms with Crippen LogP contribution in [-0.2, 0) is 4.43 Å². The summed E-state index contributed by atoms with van der Waals surface area (Å²) in [5.74, 6) is -0.0713. The highest BCUT2D eigenvalue weighted by molar-refractivity contribution is 6.74. The van der Waals surface area contributed by atoms with Crippen molar-refractivity contribution in [3.05, 3.63) is 71.3 Å². The Morgan fingerprint density at radius 1 is 0.920 bits per heavy atom. The van der Waals surface area contributed by atoms with Gasteiger partial charge in [0.15, 0.2) is 8.32 Å². The average molecular weight is 357 g/mol. The lowest BCUT2D eigenvalue weighted by molar-refractivity contribution is 0.114. The van der Waals surface area contributed by atoms with Crippen molar-refractivity contribution < 1.29 is 9.53 Å².